The maximum atomic E-state index is 6.29. The van der Waals surface area contributed by atoms with Gasteiger partial charge < -0.3 is 14.4 Å². The average Bonchev–Trinajstić information content (AvgIpc) is 2.95. The number of rotatable bonds is 7. The molecule has 0 unspecified atom stereocenters. The van der Waals surface area contributed by atoms with E-state index in [0.29, 0.717) is 12.1 Å². The summed E-state index contributed by atoms with van der Waals surface area (Å²) >= 11 is 0. The van der Waals surface area contributed by atoms with Crippen LogP contribution in [0.15, 0.2) is 24.5 Å². The molecule has 2 aliphatic rings. The van der Waals surface area contributed by atoms with Gasteiger partial charge >= 0.3 is 0 Å². The van der Waals surface area contributed by atoms with E-state index in [0.717, 1.165) is 45.7 Å². The van der Waals surface area contributed by atoms with E-state index < -0.39 is 0 Å². The van der Waals surface area contributed by atoms with Crippen LogP contribution in [0.5, 0.6) is 0 Å². The number of ether oxygens (including phenoxy) is 2. The highest BCUT2D eigenvalue weighted by molar-refractivity contribution is 5.09. The molecule has 2 aliphatic heterocycles. The molecule has 0 saturated carbocycles. The molecule has 5 nitrogen and oxygen atoms in total. The van der Waals surface area contributed by atoms with Crippen molar-refractivity contribution in [3.05, 3.63) is 30.1 Å². The zero-order valence-electron chi connectivity index (χ0n) is 14.4. The molecule has 0 bridgehead atoms. The number of nitrogens with zero attached hydrogens (tertiary/aromatic N) is 3. The van der Waals surface area contributed by atoms with Gasteiger partial charge in [0.1, 0.15) is 0 Å². The third-order valence-electron chi connectivity index (χ3n) is 4.85. The van der Waals surface area contributed by atoms with Crippen LogP contribution in [0, 0.1) is 0 Å². The molecule has 3 atom stereocenters. The Hall–Kier alpha value is -1.01. The quantitative estimate of drug-likeness (QED) is 0.716. The van der Waals surface area contributed by atoms with Crippen LogP contribution in [0.2, 0.25) is 0 Å². The first-order chi connectivity index (χ1) is 11.2. The lowest BCUT2D eigenvalue weighted by atomic mass is 9.99. The normalized spacial score (nSPS) is 28.2. The SMILES string of the molecule is CN(C)CCOC[C@@H]1CC[C@@H]2[C@@H](CCN2Cc2cccnc2)O1. The molecule has 0 aromatic carbocycles. The van der Waals surface area contributed by atoms with E-state index in [1.807, 2.05) is 18.5 Å². The molecule has 5 heteroatoms. The number of aromatic nitrogens is 1. The van der Waals surface area contributed by atoms with E-state index in [-0.39, 0.29) is 6.10 Å². The van der Waals surface area contributed by atoms with E-state index in [2.05, 4.69) is 34.9 Å². The van der Waals surface area contributed by atoms with E-state index >= 15 is 0 Å². The van der Waals surface area contributed by atoms with Gasteiger partial charge in [-0.3, -0.25) is 9.88 Å². The van der Waals surface area contributed by atoms with Crippen LogP contribution in [-0.2, 0) is 16.0 Å². The fraction of sp³-hybridized carbons (Fsp3) is 0.722. The molecule has 3 rings (SSSR count). The van der Waals surface area contributed by atoms with Crippen molar-refractivity contribution in [2.24, 2.45) is 0 Å². The molecule has 1 aromatic heterocycles. The topological polar surface area (TPSA) is 37.8 Å². The monoisotopic (exact) mass is 319 g/mol. The summed E-state index contributed by atoms with van der Waals surface area (Å²) in [6.45, 7) is 4.60. The smallest absolute Gasteiger partial charge is 0.0813 e. The van der Waals surface area contributed by atoms with Crippen molar-refractivity contribution >= 4 is 0 Å². The zero-order chi connectivity index (χ0) is 16.1. The van der Waals surface area contributed by atoms with Gasteiger partial charge in [0.15, 0.2) is 0 Å². The molecule has 0 amide bonds. The lowest BCUT2D eigenvalue weighted by molar-refractivity contribution is -0.100. The summed E-state index contributed by atoms with van der Waals surface area (Å²) in [5, 5.41) is 0. The number of pyridine rings is 1. The number of hydrogen-bond acceptors (Lipinski definition) is 5. The fourth-order valence-electron chi connectivity index (χ4n) is 3.59. The first-order valence-corrected chi connectivity index (χ1v) is 8.73. The lowest BCUT2D eigenvalue weighted by Crippen LogP contribution is -2.43. The third kappa shape index (κ3) is 4.73. The second-order valence-electron chi connectivity index (χ2n) is 6.94. The van der Waals surface area contributed by atoms with Crippen LogP contribution in [0.25, 0.3) is 0 Å². The van der Waals surface area contributed by atoms with E-state index in [9.17, 15) is 0 Å². The number of hydrogen-bond donors (Lipinski definition) is 0. The molecule has 23 heavy (non-hydrogen) atoms. The van der Waals surface area contributed by atoms with Crippen LogP contribution >= 0.6 is 0 Å². The fourth-order valence-corrected chi connectivity index (χ4v) is 3.59. The minimum absolute atomic E-state index is 0.275. The Morgan fingerprint density at radius 3 is 3.04 bits per heavy atom. The summed E-state index contributed by atoms with van der Waals surface area (Å²) < 4.78 is 12.1. The minimum Gasteiger partial charge on any atom is -0.377 e. The van der Waals surface area contributed by atoms with Crippen LogP contribution in [0.4, 0.5) is 0 Å². The van der Waals surface area contributed by atoms with Gasteiger partial charge in [-0.25, -0.2) is 0 Å². The summed E-state index contributed by atoms with van der Waals surface area (Å²) in [7, 11) is 4.14. The van der Waals surface area contributed by atoms with Crippen LogP contribution in [0.3, 0.4) is 0 Å². The third-order valence-corrected chi connectivity index (χ3v) is 4.85. The van der Waals surface area contributed by atoms with Gasteiger partial charge in [-0.05, 0) is 45.0 Å². The molecule has 3 heterocycles. The number of likely N-dealkylation sites (tertiary alicyclic amines) is 1. The highest BCUT2D eigenvalue weighted by Crippen LogP contribution is 2.32. The Balaban J connectivity index is 1.43. The summed E-state index contributed by atoms with van der Waals surface area (Å²) in [5.41, 5.74) is 1.29. The summed E-state index contributed by atoms with van der Waals surface area (Å²) in [4.78, 5) is 8.92. The lowest BCUT2D eigenvalue weighted by Gasteiger charge is -2.36. The molecule has 0 spiro atoms. The van der Waals surface area contributed by atoms with Gasteiger partial charge in [0.25, 0.3) is 0 Å². The molecule has 0 aliphatic carbocycles. The van der Waals surface area contributed by atoms with Gasteiger partial charge in [0.05, 0.1) is 25.4 Å². The number of likely N-dealkylation sites (N-methyl/N-ethyl adjacent to an activating group) is 1. The second-order valence-corrected chi connectivity index (χ2v) is 6.94. The number of fused-ring (bicyclic) bond motifs is 1. The Morgan fingerprint density at radius 2 is 2.26 bits per heavy atom. The van der Waals surface area contributed by atoms with Crippen molar-refractivity contribution < 1.29 is 9.47 Å². The molecule has 2 fully saturated rings. The van der Waals surface area contributed by atoms with Gasteiger partial charge in [0, 0.05) is 38.1 Å². The first kappa shape index (κ1) is 16.8. The van der Waals surface area contributed by atoms with Crippen LogP contribution in [0.1, 0.15) is 24.8 Å². The van der Waals surface area contributed by atoms with E-state index in [1.54, 1.807) is 0 Å². The maximum absolute atomic E-state index is 6.29. The van der Waals surface area contributed by atoms with Gasteiger partial charge in [-0.15, -0.1) is 0 Å². The standard InChI is InChI=1S/C18H29N3O2/c1-20(2)10-11-22-14-16-5-6-17-18(23-16)7-9-21(17)13-15-4-3-8-19-12-15/h3-4,8,12,16-18H,5-7,9-11,13-14H2,1-2H3/t16-,17+,18+/m0/s1. The van der Waals surface area contributed by atoms with Gasteiger partial charge in [0.2, 0.25) is 0 Å². The Labute approximate surface area is 139 Å². The summed E-state index contributed by atoms with van der Waals surface area (Å²) in [6.07, 6.45) is 7.91. The van der Waals surface area contributed by atoms with Crippen molar-refractivity contribution in [2.45, 2.75) is 44.1 Å². The summed E-state index contributed by atoms with van der Waals surface area (Å²) in [5.74, 6) is 0. The van der Waals surface area contributed by atoms with Crippen LogP contribution in [-0.4, -0.2) is 73.4 Å². The summed E-state index contributed by atoms with van der Waals surface area (Å²) in [6, 6.07) is 4.74. The Bertz CT molecular complexity index is 469. The van der Waals surface area contributed by atoms with Crippen molar-refractivity contribution in [1.82, 2.24) is 14.8 Å². The molecule has 128 valence electrons. The molecule has 1 aromatic rings. The predicted molar refractivity (Wildman–Crippen MR) is 90.3 cm³/mol. The highest BCUT2D eigenvalue weighted by atomic mass is 16.5. The highest BCUT2D eigenvalue weighted by Gasteiger charge is 2.39. The van der Waals surface area contributed by atoms with Gasteiger partial charge in [-0.2, -0.15) is 0 Å². The van der Waals surface area contributed by atoms with E-state index in [4.69, 9.17) is 9.47 Å². The van der Waals surface area contributed by atoms with Crippen LogP contribution < -0.4 is 0 Å². The largest absolute Gasteiger partial charge is 0.377 e. The average molecular weight is 319 g/mol. The molecule has 0 radical (unpaired) electrons. The maximum Gasteiger partial charge on any atom is 0.0813 e. The van der Waals surface area contributed by atoms with E-state index in [1.165, 1.54) is 12.0 Å². The van der Waals surface area contributed by atoms with Crippen molar-refractivity contribution in [1.29, 1.82) is 0 Å². The molecular formula is C18H29N3O2. The minimum atomic E-state index is 0.275. The molecule has 2 saturated heterocycles. The Kier molecular flexibility index (Phi) is 6.00. The van der Waals surface area contributed by atoms with Crippen molar-refractivity contribution in [3.63, 3.8) is 0 Å². The van der Waals surface area contributed by atoms with Gasteiger partial charge in [-0.1, -0.05) is 6.07 Å². The van der Waals surface area contributed by atoms with Crippen molar-refractivity contribution in [3.8, 4) is 0 Å². The second kappa shape index (κ2) is 8.20. The predicted octanol–water partition coefficient (Wildman–Crippen LogP) is 1.78. The Morgan fingerprint density at radius 1 is 1.35 bits per heavy atom. The molecular weight excluding hydrogens is 290 g/mol. The molecule has 0 N–H and O–H groups in total. The zero-order valence-corrected chi connectivity index (χ0v) is 14.4. The van der Waals surface area contributed by atoms with Crippen molar-refractivity contribution in [2.75, 3.05) is 40.4 Å². The first-order valence-electron chi connectivity index (χ1n) is 8.73.